The van der Waals surface area contributed by atoms with Gasteiger partial charge in [0.15, 0.2) is 0 Å². The Kier molecular flexibility index (Phi) is 5.21. The van der Waals surface area contributed by atoms with Crippen molar-refractivity contribution >= 4 is 11.6 Å². The maximum atomic E-state index is 11.9. The van der Waals surface area contributed by atoms with E-state index in [9.17, 15) is 4.79 Å². The average molecular weight is 284 g/mol. The Bertz CT molecular complexity index is 584. The first-order valence-corrected chi connectivity index (χ1v) is 6.98. The fraction of sp³-hybridized carbons (Fsp3) is 0.235. The molecule has 0 aliphatic carbocycles. The van der Waals surface area contributed by atoms with E-state index >= 15 is 0 Å². The minimum absolute atomic E-state index is 0.0134. The molecule has 21 heavy (non-hydrogen) atoms. The van der Waals surface area contributed by atoms with Crippen molar-refractivity contribution in [3.8, 4) is 5.75 Å². The van der Waals surface area contributed by atoms with Gasteiger partial charge in [-0.2, -0.15) is 0 Å². The zero-order valence-electron chi connectivity index (χ0n) is 12.1. The maximum Gasteiger partial charge on any atom is 0.223 e. The Hall–Kier alpha value is -2.49. The number of nitrogens with two attached hydrogens (primary N) is 1. The van der Waals surface area contributed by atoms with Crippen LogP contribution in [0.5, 0.6) is 5.75 Å². The molecule has 0 saturated carbocycles. The van der Waals surface area contributed by atoms with Crippen LogP contribution in [0.4, 0.5) is 5.69 Å². The van der Waals surface area contributed by atoms with Gasteiger partial charge in [-0.25, -0.2) is 0 Å². The second-order valence-corrected chi connectivity index (χ2v) is 4.84. The molecule has 2 aromatic rings. The van der Waals surface area contributed by atoms with E-state index < -0.39 is 0 Å². The van der Waals surface area contributed by atoms with Crippen LogP contribution in [-0.2, 0) is 4.79 Å². The van der Waals surface area contributed by atoms with Gasteiger partial charge in [-0.1, -0.05) is 42.5 Å². The van der Waals surface area contributed by atoms with Crippen LogP contribution < -0.4 is 15.8 Å². The van der Waals surface area contributed by atoms with Crippen molar-refractivity contribution < 1.29 is 9.53 Å². The summed E-state index contributed by atoms with van der Waals surface area (Å²) in [4.78, 5) is 11.9. The highest BCUT2D eigenvalue weighted by molar-refractivity contribution is 5.76. The highest BCUT2D eigenvalue weighted by Crippen LogP contribution is 2.19. The molecule has 3 N–H and O–H groups in total. The third-order valence-corrected chi connectivity index (χ3v) is 3.18. The Morgan fingerprint density at radius 3 is 2.52 bits per heavy atom. The number of carbonyl (C=O) groups is 1. The van der Waals surface area contributed by atoms with Crippen molar-refractivity contribution in [2.45, 2.75) is 19.4 Å². The summed E-state index contributed by atoms with van der Waals surface area (Å²) in [5.41, 5.74) is 7.43. The Morgan fingerprint density at radius 1 is 1.14 bits per heavy atom. The highest BCUT2D eigenvalue weighted by atomic mass is 16.5. The van der Waals surface area contributed by atoms with E-state index in [0.29, 0.717) is 24.5 Å². The fourth-order valence-corrected chi connectivity index (χ4v) is 2.00. The molecule has 2 rings (SSSR count). The van der Waals surface area contributed by atoms with Gasteiger partial charge in [0.05, 0.1) is 24.8 Å². The van der Waals surface area contributed by atoms with Crippen LogP contribution in [-0.4, -0.2) is 12.5 Å². The van der Waals surface area contributed by atoms with E-state index in [4.69, 9.17) is 10.5 Å². The van der Waals surface area contributed by atoms with Gasteiger partial charge in [0.25, 0.3) is 0 Å². The highest BCUT2D eigenvalue weighted by Gasteiger charge is 2.09. The molecule has 0 radical (unpaired) electrons. The summed E-state index contributed by atoms with van der Waals surface area (Å²) in [5.74, 6) is 0.572. The van der Waals surface area contributed by atoms with Crippen molar-refractivity contribution in [3.05, 3.63) is 60.2 Å². The molecule has 1 unspecified atom stereocenters. The van der Waals surface area contributed by atoms with Gasteiger partial charge in [0.1, 0.15) is 5.75 Å². The lowest BCUT2D eigenvalue weighted by Crippen LogP contribution is -2.27. The molecule has 1 amide bonds. The lowest BCUT2D eigenvalue weighted by atomic mass is 10.1. The number of amides is 1. The Labute approximate surface area is 124 Å². The van der Waals surface area contributed by atoms with Crippen molar-refractivity contribution in [1.82, 2.24) is 5.32 Å². The van der Waals surface area contributed by atoms with Gasteiger partial charge >= 0.3 is 0 Å². The molecule has 110 valence electrons. The minimum atomic E-state index is -0.0409. The van der Waals surface area contributed by atoms with E-state index in [-0.39, 0.29) is 11.9 Å². The Morgan fingerprint density at radius 2 is 1.81 bits per heavy atom. The third-order valence-electron chi connectivity index (χ3n) is 3.18. The fourth-order valence-electron chi connectivity index (χ4n) is 2.00. The van der Waals surface area contributed by atoms with Crippen LogP contribution in [0.3, 0.4) is 0 Å². The predicted molar refractivity (Wildman–Crippen MR) is 84.0 cm³/mol. The normalized spacial score (nSPS) is 11.7. The molecule has 4 heteroatoms. The first-order chi connectivity index (χ1) is 10.2. The molecule has 0 saturated heterocycles. The van der Waals surface area contributed by atoms with Gasteiger partial charge in [0.2, 0.25) is 5.91 Å². The molecule has 4 nitrogen and oxygen atoms in total. The molecule has 1 atom stereocenters. The van der Waals surface area contributed by atoms with E-state index in [1.165, 1.54) is 0 Å². The molecule has 0 fully saturated rings. The summed E-state index contributed by atoms with van der Waals surface area (Å²) < 4.78 is 5.51. The van der Waals surface area contributed by atoms with E-state index in [0.717, 1.165) is 5.56 Å². The molecular weight excluding hydrogens is 264 g/mol. The first kappa shape index (κ1) is 14.9. The predicted octanol–water partition coefficient (Wildman–Crippen LogP) is 2.92. The second-order valence-electron chi connectivity index (χ2n) is 4.84. The second kappa shape index (κ2) is 7.33. The van der Waals surface area contributed by atoms with Crippen molar-refractivity contribution in [3.63, 3.8) is 0 Å². The van der Waals surface area contributed by atoms with Crippen molar-refractivity contribution in [1.29, 1.82) is 0 Å². The van der Waals surface area contributed by atoms with Crippen LogP contribution in [0.2, 0.25) is 0 Å². The number of ether oxygens (including phenoxy) is 1. The number of nitrogens with one attached hydrogen (secondary N) is 1. The topological polar surface area (TPSA) is 64.3 Å². The number of hydrogen-bond acceptors (Lipinski definition) is 3. The number of para-hydroxylation sites is 2. The zero-order chi connectivity index (χ0) is 15.1. The monoisotopic (exact) mass is 284 g/mol. The lowest BCUT2D eigenvalue weighted by Gasteiger charge is -2.14. The summed E-state index contributed by atoms with van der Waals surface area (Å²) in [6.07, 6.45) is 0.297. The van der Waals surface area contributed by atoms with Crippen LogP contribution in [0, 0.1) is 0 Å². The maximum absolute atomic E-state index is 11.9. The van der Waals surface area contributed by atoms with Gasteiger partial charge in [0, 0.05) is 0 Å². The van der Waals surface area contributed by atoms with Crippen LogP contribution in [0.25, 0.3) is 0 Å². The number of nitrogen functional groups attached to an aromatic ring is 1. The first-order valence-electron chi connectivity index (χ1n) is 6.98. The molecular formula is C17H20N2O2. The largest absolute Gasteiger partial charge is 0.491 e. The molecule has 0 aliphatic heterocycles. The van der Waals surface area contributed by atoms with Gasteiger partial charge in [-0.15, -0.1) is 0 Å². The quantitative estimate of drug-likeness (QED) is 0.802. The number of benzene rings is 2. The number of hydrogen-bond donors (Lipinski definition) is 2. The minimum Gasteiger partial charge on any atom is -0.491 e. The third kappa shape index (κ3) is 4.53. The molecule has 0 aliphatic rings. The van der Waals surface area contributed by atoms with Crippen LogP contribution >= 0.6 is 0 Å². The Balaban J connectivity index is 1.76. The number of rotatable bonds is 6. The van der Waals surface area contributed by atoms with Crippen molar-refractivity contribution in [2.75, 3.05) is 12.3 Å². The standard InChI is InChI=1S/C17H20N2O2/c1-13(14-7-3-2-4-8-14)19-17(20)11-12-21-16-10-6-5-9-15(16)18/h2-10,13H,11-12,18H2,1H3,(H,19,20). The molecule has 0 heterocycles. The SMILES string of the molecule is CC(NC(=O)CCOc1ccccc1N)c1ccccc1. The molecule has 0 bridgehead atoms. The number of carbonyl (C=O) groups excluding carboxylic acids is 1. The van der Waals surface area contributed by atoms with Gasteiger partial charge < -0.3 is 15.8 Å². The summed E-state index contributed by atoms with van der Waals surface area (Å²) in [6.45, 7) is 2.27. The number of anilines is 1. The molecule has 2 aromatic carbocycles. The van der Waals surface area contributed by atoms with Crippen molar-refractivity contribution in [2.24, 2.45) is 0 Å². The summed E-state index contributed by atoms with van der Waals surface area (Å²) in [7, 11) is 0. The zero-order valence-corrected chi connectivity index (χ0v) is 12.1. The van der Waals surface area contributed by atoms with Gasteiger partial charge in [-0.3, -0.25) is 4.79 Å². The average Bonchev–Trinajstić information content (AvgIpc) is 2.50. The van der Waals surface area contributed by atoms with E-state index in [1.54, 1.807) is 12.1 Å². The smallest absolute Gasteiger partial charge is 0.223 e. The van der Waals surface area contributed by atoms with Crippen LogP contribution in [0.15, 0.2) is 54.6 Å². The lowest BCUT2D eigenvalue weighted by molar-refractivity contribution is -0.122. The van der Waals surface area contributed by atoms with E-state index in [1.807, 2.05) is 49.4 Å². The molecule has 0 aromatic heterocycles. The van der Waals surface area contributed by atoms with Crippen LogP contribution in [0.1, 0.15) is 24.9 Å². The van der Waals surface area contributed by atoms with E-state index in [2.05, 4.69) is 5.32 Å². The summed E-state index contributed by atoms with van der Waals surface area (Å²) in [5, 5.41) is 2.95. The summed E-state index contributed by atoms with van der Waals surface area (Å²) >= 11 is 0. The summed E-state index contributed by atoms with van der Waals surface area (Å²) in [6, 6.07) is 17.1. The van der Waals surface area contributed by atoms with Gasteiger partial charge in [-0.05, 0) is 24.6 Å². The molecule has 0 spiro atoms.